The van der Waals surface area contributed by atoms with Crippen LogP contribution < -0.4 is 4.72 Å². The predicted molar refractivity (Wildman–Crippen MR) is 81.0 cm³/mol. The van der Waals surface area contributed by atoms with Crippen molar-refractivity contribution in [3.05, 3.63) is 40.6 Å². The van der Waals surface area contributed by atoms with E-state index in [1.54, 1.807) is 25.3 Å². The fraction of sp³-hybridized carbons (Fsp3) is 0.0833. The molecule has 2 heterocycles. The fourth-order valence-electron chi connectivity index (χ4n) is 1.92. The quantitative estimate of drug-likeness (QED) is 0.774. The third-order valence-corrected chi connectivity index (χ3v) is 6.03. The van der Waals surface area contributed by atoms with Gasteiger partial charge in [0.25, 0.3) is 10.0 Å². The van der Waals surface area contributed by atoms with Gasteiger partial charge >= 0.3 is 0 Å². The second kappa shape index (κ2) is 4.76. The summed E-state index contributed by atoms with van der Waals surface area (Å²) in [6.07, 6.45) is 1.80. The number of anilines is 1. The van der Waals surface area contributed by atoms with Gasteiger partial charge in [0.05, 0.1) is 5.69 Å². The molecule has 0 unspecified atom stereocenters. The van der Waals surface area contributed by atoms with Crippen LogP contribution in [0.15, 0.2) is 34.7 Å². The van der Waals surface area contributed by atoms with Crippen LogP contribution in [0.3, 0.4) is 0 Å². The first kappa shape index (κ1) is 13.4. The number of nitrogens with zero attached hydrogens (tertiary/aromatic N) is 1. The fourth-order valence-corrected chi connectivity index (χ4v) is 4.71. The molecule has 0 aliphatic rings. The van der Waals surface area contributed by atoms with Gasteiger partial charge in [0, 0.05) is 22.8 Å². The summed E-state index contributed by atoms with van der Waals surface area (Å²) in [4.78, 5) is 6.97. The summed E-state index contributed by atoms with van der Waals surface area (Å²) in [7, 11) is -3.66. The highest BCUT2D eigenvalue weighted by Gasteiger charge is 2.21. The maximum Gasteiger partial charge on any atom is 0.273 e. The molecule has 8 heteroatoms. The first-order valence-corrected chi connectivity index (χ1v) is 8.36. The average Bonchev–Trinajstić information content (AvgIpc) is 2.94. The second-order valence-corrected chi connectivity index (χ2v) is 7.68. The van der Waals surface area contributed by atoms with Crippen LogP contribution in [0, 0.1) is 6.92 Å². The molecule has 2 aromatic heterocycles. The molecule has 0 saturated heterocycles. The highest BCUT2D eigenvalue weighted by molar-refractivity contribution is 7.94. The largest absolute Gasteiger partial charge is 0.361 e. The molecule has 0 atom stereocenters. The van der Waals surface area contributed by atoms with Crippen LogP contribution in [-0.4, -0.2) is 18.4 Å². The normalized spacial score (nSPS) is 11.9. The highest BCUT2D eigenvalue weighted by atomic mass is 35.5. The summed E-state index contributed by atoms with van der Waals surface area (Å²) in [5, 5.41) is 0.934. The molecule has 0 aliphatic carbocycles. The molecule has 1 aromatic carbocycles. The number of sulfonamides is 1. The minimum Gasteiger partial charge on any atom is -0.361 e. The number of hydrogen-bond acceptors (Lipinski definition) is 4. The lowest BCUT2D eigenvalue weighted by molar-refractivity contribution is 0.602. The summed E-state index contributed by atoms with van der Waals surface area (Å²) in [6, 6.07) is 7.16. The average molecular weight is 328 g/mol. The Morgan fingerprint density at radius 3 is 2.85 bits per heavy atom. The van der Waals surface area contributed by atoms with Gasteiger partial charge in [-0.2, -0.15) is 0 Å². The number of benzene rings is 1. The molecule has 0 aliphatic heterocycles. The molecule has 3 rings (SSSR count). The number of hydrogen-bond donors (Lipinski definition) is 2. The van der Waals surface area contributed by atoms with E-state index >= 15 is 0 Å². The number of aryl methyl sites for hydroxylation is 1. The molecule has 20 heavy (non-hydrogen) atoms. The maximum atomic E-state index is 12.3. The number of thiazole rings is 1. The van der Waals surface area contributed by atoms with Gasteiger partial charge in [-0.1, -0.05) is 22.9 Å². The molecular weight excluding hydrogens is 318 g/mol. The van der Waals surface area contributed by atoms with Crippen molar-refractivity contribution in [2.75, 3.05) is 4.72 Å². The molecule has 5 nitrogen and oxygen atoms in total. The summed E-state index contributed by atoms with van der Waals surface area (Å²) in [5.41, 5.74) is 1.85. The van der Waals surface area contributed by atoms with E-state index in [-0.39, 0.29) is 8.68 Å². The third kappa shape index (κ3) is 2.39. The van der Waals surface area contributed by atoms with Crippen molar-refractivity contribution in [3.63, 3.8) is 0 Å². The number of aromatic nitrogens is 2. The van der Waals surface area contributed by atoms with Gasteiger partial charge in [-0.05, 0) is 31.2 Å². The van der Waals surface area contributed by atoms with E-state index in [1.165, 1.54) is 0 Å². The molecule has 2 N–H and O–H groups in total. The van der Waals surface area contributed by atoms with Crippen LogP contribution in [0.2, 0.25) is 4.47 Å². The van der Waals surface area contributed by atoms with E-state index in [0.29, 0.717) is 11.4 Å². The molecule has 104 valence electrons. The minimum absolute atomic E-state index is 0.136. The number of H-pyrrole nitrogens is 1. The highest BCUT2D eigenvalue weighted by Crippen LogP contribution is 2.29. The monoisotopic (exact) mass is 327 g/mol. The van der Waals surface area contributed by atoms with Crippen molar-refractivity contribution in [3.8, 4) is 0 Å². The third-order valence-electron chi connectivity index (χ3n) is 2.78. The molecule has 3 aromatic rings. The van der Waals surface area contributed by atoms with Gasteiger partial charge in [-0.3, -0.25) is 4.72 Å². The van der Waals surface area contributed by atoms with Crippen LogP contribution in [0.4, 0.5) is 5.69 Å². The molecule has 0 bridgehead atoms. The zero-order valence-corrected chi connectivity index (χ0v) is 12.7. The van der Waals surface area contributed by atoms with Crippen LogP contribution in [0.25, 0.3) is 10.9 Å². The van der Waals surface area contributed by atoms with Gasteiger partial charge < -0.3 is 4.98 Å². The predicted octanol–water partition coefficient (Wildman–Crippen LogP) is 3.39. The zero-order chi connectivity index (χ0) is 14.3. The Morgan fingerprint density at radius 2 is 2.15 bits per heavy atom. The number of fused-ring (bicyclic) bond motifs is 1. The first-order valence-electron chi connectivity index (χ1n) is 5.68. The molecule has 0 spiro atoms. The van der Waals surface area contributed by atoms with E-state index in [1.807, 2.05) is 12.1 Å². The second-order valence-electron chi connectivity index (χ2n) is 4.22. The van der Waals surface area contributed by atoms with Crippen LogP contribution in [0.5, 0.6) is 0 Å². The Labute approximate surface area is 124 Å². The molecule has 0 radical (unpaired) electrons. The van der Waals surface area contributed by atoms with Crippen LogP contribution in [0.1, 0.15) is 5.69 Å². The van der Waals surface area contributed by atoms with Gasteiger partial charge in [0.1, 0.15) is 0 Å². The van der Waals surface area contributed by atoms with E-state index in [2.05, 4.69) is 14.7 Å². The lowest BCUT2D eigenvalue weighted by Crippen LogP contribution is -2.12. The maximum absolute atomic E-state index is 12.3. The molecule has 0 fully saturated rings. The van der Waals surface area contributed by atoms with E-state index < -0.39 is 10.0 Å². The van der Waals surface area contributed by atoms with E-state index in [9.17, 15) is 8.42 Å². The van der Waals surface area contributed by atoms with Crippen molar-refractivity contribution in [2.45, 2.75) is 11.1 Å². The molecular formula is C12H10ClN3O2S2. The number of aromatic amines is 1. The molecule has 0 amide bonds. The van der Waals surface area contributed by atoms with Crippen molar-refractivity contribution >= 4 is 49.6 Å². The van der Waals surface area contributed by atoms with Crippen molar-refractivity contribution < 1.29 is 8.42 Å². The smallest absolute Gasteiger partial charge is 0.273 e. The topological polar surface area (TPSA) is 74.8 Å². The summed E-state index contributed by atoms with van der Waals surface area (Å²) >= 11 is 6.69. The van der Waals surface area contributed by atoms with Gasteiger partial charge in [-0.25, -0.2) is 13.4 Å². The Kier molecular flexibility index (Phi) is 3.19. The lowest BCUT2D eigenvalue weighted by Gasteiger charge is -2.06. The summed E-state index contributed by atoms with van der Waals surface area (Å²) in [6.45, 7) is 1.62. The number of rotatable bonds is 3. The van der Waals surface area contributed by atoms with Crippen LogP contribution in [-0.2, 0) is 10.0 Å². The van der Waals surface area contributed by atoms with Crippen LogP contribution >= 0.6 is 22.9 Å². The Bertz CT molecular complexity index is 883. The van der Waals surface area contributed by atoms with Gasteiger partial charge in [0.2, 0.25) is 0 Å². The number of halogens is 1. The SMILES string of the molecule is Cc1nc(Cl)sc1S(=O)(=O)Nc1ccc2[nH]ccc2c1. The lowest BCUT2D eigenvalue weighted by atomic mass is 10.2. The Hall–Kier alpha value is -1.57. The summed E-state index contributed by atoms with van der Waals surface area (Å²) < 4.78 is 27.5. The summed E-state index contributed by atoms with van der Waals surface area (Å²) in [5.74, 6) is 0. The van der Waals surface area contributed by atoms with E-state index in [0.717, 1.165) is 22.2 Å². The van der Waals surface area contributed by atoms with Crippen molar-refractivity contribution in [1.82, 2.24) is 9.97 Å². The van der Waals surface area contributed by atoms with E-state index in [4.69, 9.17) is 11.6 Å². The number of nitrogens with one attached hydrogen (secondary N) is 2. The minimum atomic E-state index is -3.66. The zero-order valence-electron chi connectivity index (χ0n) is 10.3. The van der Waals surface area contributed by atoms with Gasteiger partial charge in [0.15, 0.2) is 8.68 Å². The Balaban J connectivity index is 1.98. The standard InChI is InChI=1S/C12H10ClN3O2S2/c1-7-11(19-12(13)15-7)20(17,18)16-9-2-3-10-8(6-9)4-5-14-10/h2-6,14,16H,1H3. The Morgan fingerprint density at radius 1 is 1.35 bits per heavy atom. The van der Waals surface area contributed by atoms with Crippen molar-refractivity contribution in [2.24, 2.45) is 0 Å². The molecule has 0 saturated carbocycles. The van der Waals surface area contributed by atoms with Crippen molar-refractivity contribution in [1.29, 1.82) is 0 Å². The van der Waals surface area contributed by atoms with Gasteiger partial charge in [-0.15, -0.1) is 0 Å². The first-order chi connectivity index (χ1) is 9.45.